The molecule has 1 N–H and O–H groups in total. The molecule has 0 aliphatic carbocycles. The number of carbonyl (C=O) groups is 1. The molecule has 3 aromatic heterocycles. The predicted octanol–water partition coefficient (Wildman–Crippen LogP) is 4.32. The van der Waals surface area contributed by atoms with Gasteiger partial charge in [-0.3, -0.25) is 9.48 Å². The number of amides is 1. The summed E-state index contributed by atoms with van der Waals surface area (Å²) in [5, 5.41) is 4.59. The average molecular weight is 594 g/mol. The summed E-state index contributed by atoms with van der Waals surface area (Å²) in [6, 6.07) is 1.86. The lowest BCUT2D eigenvalue weighted by molar-refractivity contribution is -0.000640. The lowest BCUT2D eigenvalue weighted by Gasteiger charge is -2.40. The molecule has 0 saturated carbocycles. The molecule has 0 bridgehead atoms. The van der Waals surface area contributed by atoms with Crippen molar-refractivity contribution < 1.29 is 14.3 Å². The van der Waals surface area contributed by atoms with Gasteiger partial charge in [-0.1, -0.05) is 20.3 Å². The van der Waals surface area contributed by atoms with Crippen molar-refractivity contribution in [2.45, 2.75) is 65.5 Å². The van der Waals surface area contributed by atoms with E-state index in [-0.39, 0.29) is 23.2 Å². The third-order valence-electron chi connectivity index (χ3n) is 5.66. The van der Waals surface area contributed by atoms with E-state index in [1.807, 2.05) is 38.4 Å². The first-order valence-electron chi connectivity index (χ1n) is 11.9. The highest BCUT2D eigenvalue weighted by Crippen LogP contribution is 2.30. The minimum Gasteiger partial charge on any atom is -0.477 e. The Morgan fingerprint density at radius 2 is 2.00 bits per heavy atom. The number of aryl methyl sites for hydroxylation is 1. The first-order chi connectivity index (χ1) is 16.6. The van der Waals surface area contributed by atoms with Gasteiger partial charge in [-0.25, -0.2) is 14.8 Å². The van der Waals surface area contributed by atoms with Crippen LogP contribution in [0.2, 0.25) is 0 Å². The summed E-state index contributed by atoms with van der Waals surface area (Å²) in [6.07, 6.45) is 3.93. The van der Waals surface area contributed by atoms with Crippen molar-refractivity contribution in [3.05, 3.63) is 31.9 Å². The monoisotopic (exact) mass is 594 g/mol. The smallest absolute Gasteiger partial charge is 0.410 e. The van der Waals surface area contributed by atoms with Crippen LogP contribution in [0.5, 0.6) is 5.88 Å². The second-order valence-corrected chi connectivity index (χ2v) is 10.8. The van der Waals surface area contributed by atoms with E-state index >= 15 is 0 Å². The number of likely N-dealkylation sites (tertiary alicyclic amines) is 1. The van der Waals surface area contributed by atoms with Gasteiger partial charge in [-0.2, -0.15) is 5.10 Å². The summed E-state index contributed by atoms with van der Waals surface area (Å²) < 4.78 is 14.1. The minimum atomic E-state index is -0.548. The molecule has 188 valence electrons. The quantitative estimate of drug-likeness (QED) is 0.320. The van der Waals surface area contributed by atoms with Gasteiger partial charge in [0, 0.05) is 22.9 Å². The number of H-pyrrole nitrogens is 1. The molecule has 0 spiro atoms. The Balaban J connectivity index is 1.66. The van der Waals surface area contributed by atoms with E-state index in [0.717, 1.165) is 22.1 Å². The zero-order chi connectivity index (χ0) is 25.3. The van der Waals surface area contributed by atoms with Crippen LogP contribution in [0.3, 0.4) is 0 Å². The number of hydrogen-bond acceptors (Lipinski definition) is 7. The fraction of sp³-hybridized carbons (Fsp3) is 0.542. The number of fused-ring (bicyclic) bond motifs is 1. The van der Waals surface area contributed by atoms with Crippen LogP contribution in [0, 0.1) is 3.57 Å². The van der Waals surface area contributed by atoms with Crippen molar-refractivity contribution in [2.24, 2.45) is 0 Å². The molecule has 11 heteroatoms. The Morgan fingerprint density at radius 3 is 2.66 bits per heavy atom. The molecule has 35 heavy (non-hydrogen) atoms. The maximum absolute atomic E-state index is 13.1. The molecule has 1 aliphatic rings. The van der Waals surface area contributed by atoms with Gasteiger partial charge in [0.1, 0.15) is 16.9 Å². The van der Waals surface area contributed by atoms with Crippen LogP contribution in [0.15, 0.2) is 17.1 Å². The first kappa shape index (κ1) is 25.4. The van der Waals surface area contributed by atoms with E-state index in [0.29, 0.717) is 48.9 Å². The van der Waals surface area contributed by atoms with Crippen molar-refractivity contribution in [1.29, 1.82) is 0 Å². The summed E-state index contributed by atoms with van der Waals surface area (Å²) in [7, 11) is 0. The number of aromatic nitrogens is 5. The fourth-order valence-electron chi connectivity index (χ4n) is 3.91. The maximum atomic E-state index is 13.1. The molecule has 4 heterocycles. The average Bonchev–Trinajstić information content (AvgIpc) is 3.11. The molecule has 0 radical (unpaired) electrons. The van der Waals surface area contributed by atoms with Crippen molar-refractivity contribution in [3.63, 3.8) is 0 Å². The molecule has 1 amide bonds. The molecule has 1 fully saturated rings. The third kappa shape index (κ3) is 5.44. The molecule has 1 saturated heterocycles. The number of pyridine rings is 1. The molecule has 0 atom stereocenters. The second kappa shape index (κ2) is 10.1. The number of carbonyl (C=O) groups excluding carboxylic acids is 1. The summed E-state index contributed by atoms with van der Waals surface area (Å²) >= 11 is 2.18. The number of rotatable bonds is 7. The van der Waals surface area contributed by atoms with E-state index in [1.165, 1.54) is 0 Å². The van der Waals surface area contributed by atoms with E-state index < -0.39 is 5.60 Å². The number of nitrogens with zero attached hydrogens (tertiary/aromatic N) is 5. The van der Waals surface area contributed by atoms with Crippen LogP contribution in [0.25, 0.3) is 22.4 Å². The molecular weight excluding hydrogens is 563 g/mol. The van der Waals surface area contributed by atoms with E-state index in [4.69, 9.17) is 14.5 Å². The highest BCUT2D eigenvalue weighted by atomic mass is 127. The Morgan fingerprint density at radius 1 is 1.26 bits per heavy atom. The molecule has 0 aromatic carbocycles. The van der Waals surface area contributed by atoms with Crippen LogP contribution in [-0.2, 0) is 11.2 Å². The van der Waals surface area contributed by atoms with Gasteiger partial charge >= 0.3 is 6.09 Å². The molecular formula is C24H31IN6O4. The number of halogens is 1. The SMILES string of the molecule is CCCCOc1ncc(I)cc1-c1nc2c(CC)n(C3CN(C(=O)OC(C)(C)C)C3)nc2c(=O)[nH]1. The van der Waals surface area contributed by atoms with Crippen LogP contribution >= 0.6 is 22.6 Å². The zero-order valence-corrected chi connectivity index (χ0v) is 22.9. The molecule has 0 unspecified atom stereocenters. The standard InChI is InChI=1S/C24H31IN6O4/c1-6-8-9-34-22-16(10-14(25)11-26-22)20-27-18-17(7-2)31(29-19(18)21(32)28-20)15-12-30(13-15)23(33)35-24(3,4)5/h10-11,15H,6-9,12-13H2,1-5H3,(H,27,28,32). The highest BCUT2D eigenvalue weighted by molar-refractivity contribution is 14.1. The number of unbranched alkanes of at least 4 members (excludes halogenated alkanes) is 1. The first-order valence-corrected chi connectivity index (χ1v) is 13.0. The van der Waals surface area contributed by atoms with Gasteiger partial charge < -0.3 is 19.4 Å². The summed E-state index contributed by atoms with van der Waals surface area (Å²) in [5.41, 5.74) is 1.47. The van der Waals surface area contributed by atoms with Gasteiger partial charge in [0.25, 0.3) is 5.56 Å². The van der Waals surface area contributed by atoms with Gasteiger partial charge in [0.05, 0.1) is 23.9 Å². The maximum Gasteiger partial charge on any atom is 0.410 e. The van der Waals surface area contributed by atoms with Crippen LogP contribution in [-0.4, -0.2) is 61.0 Å². The van der Waals surface area contributed by atoms with Crippen LogP contribution < -0.4 is 10.3 Å². The zero-order valence-electron chi connectivity index (χ0n) is 20.7. The molecule has 1 aliphatic heterocycles. The van der Waals surface area contributed by atoms with E-state index in [9.17, 15) is 9.59 Å². The number of aromatic amines is 1. The Bertz CT molecular complexity index is 1290. The highest BCUT2D eigenvalue weighted by Gasteiger charge is 2.37. The van der Waals surface area contributed by atoms with Gasteiger partial charge in [-0.05, 0) is 62.3 Å². The normalized spacial score (nSPS) is 14.3. The summed E-state index contributed by atoms with van der Waals surface area (Å²) in [6.45, 7) is 11.1. The van der Waals surface area contributed by atoms with Crippen molar-refractivity contribution in [2.75, 3.05) is 19.7 Å². The number of hydrogen-bond donors (Lipinski definition) is 1. The third-order valence-corrected chi connectivity index (χ3v) is 6.25. The van der Waals surface area contributed by atoms with Crippen molar-refractivity contribution >= 4 is 39.7 Å². The van der Waals surface area contributed by atoms with Crippen molar-refractivity contribution in [1.82, 2.24) is 29.6 Å². The Labute approximate surface area is 217 Å². The topological polar surface area (TPSA) is 115 Å². The largest absolute Gasteiger partial charge is 0.477 e. The fourth-order valence-corrected chi connectivity index (χ4v) is 4.36. The van der Waals surface area contributed by atoms with Crippen LogP contribution in [0.1, 0.15) is 59.2 Å². The predicted molar refractivity (Wildman–Crippen MR) is 141 cm³/mol. The Kier molecular flexibility index (Phi) is 7.34. The molecule has 10 nitrogen and oxygen atoms in total. The lowest BCUT2D eigenvalue weighted by atomic mass is 10.1. The van der Waals surface area contributed by atoms with E-state index in [1.54, 1.807) is 11.1 Å². The Hall–Kier alpha value is -2.70. The number of nitrogens with one attached hydrogen (secondary N) is 1. The van der Waals surface area contributed by atoms with Gasteiger partial charge in [0.2, 0.25) is 5.88 Å². The minimum absolute atomic E-state index is 0.0400. The lowest BCUT2D eigenvalue weighted by Crippen LogP contribution is -2.52. The molecule has 3 aromatic rings. The van der Waals surface area contributed by atoms with Gasteiger partial charge in [-0.15, -0.1) is 0 Å². The summed E-state index contributed by atoms with van der Waals surface area (Å²) in [4.78, 5) is 39.1. The second-order valence-electron chi connectivity index (χ2n) is 9.60. The van der Waals surface area contributed by atoms with E-state index in [2.05, 4.69) is 44.6 Å². The molecule has 4 rings (SSSR count). The summed E-state index contributed by atoms with van der Waals surface area (Å²) in [5.74, 6) is 0.844. The van der Waals surface area contributed by atoms with Crippen LogP contribution in [0.4, 0.5) is 4.79 Å². The van der Waals surface area contributed by atoms with Crippen molar-refractivity contribution in [3.8, 4) is 17.3 Å². The van der Waals surface area contributed by atoms with Gasteiger partial charge in [0.15, 0.2) is 5.52 Å². The number of ether oxygens (including phenoxy) is 2.